The third-order valence-electron chi connectivity index (χ3n) is 4.46. The van der Waals surface area contributed by atoms with Crippen LogP contribution in [0.25, 0.3) is 11.3 Å². The van der Waals surface area contributed by atoms with E-state index in [1.807, 2.05) is 12.1 Å². The van der Waals surface area contributed by atoms with Crippen molar-refractivity contribution in [3.8, 4) is 17.0 Å². The zero-order valence-electron chi connectivity index (χ0n) is 16.0. The molecule has 2 rings (SSSR count). The summed E-state index contributed by atoms with van der Waals surface area (Å²) in [6.45, 7) is 6.59. The number of benzene rings is 1. The second-order valence-electron chi connectivity index (χ2n) is 6.82. The summed E-state index contributed by atoms with van der Waals surface area (Å²) in [5.74, 6) is 0.930. The normalized spacial score (nSPS) is 12.1. The van der Waals surface area contributed by atoms with E-state index in [-0.39, 0.29) is 6.10 Å². The van der Waals surface area contributed by atoms with Crippen molar-refractivity contribution in [3.63, 3.8) is 0 Å². The SMILES string of the molecule is CCCCCCC(C)Oc1ccc(-c2ccc(CCCC)nn2)cc1. The molecule has 3 heteroatoms. The maximum atomic E-state index is 6.01. The van der Waals surface area contributed by atoms with Gasteiger partial charge >= 0.3 is 0 Å². The fraction of sp³-hybridized carbons (Fsp3) is 0.545. The van der Waals surface area contributed by atoms with Crippen molar-refractivity contribution >= 4 is 0 Å². The van der Waals surface area contributed by atoms with Gasteiger partial charge in [0, 0.05) is 5.56 Å². The third kappa shape index (κ3) is 6.85. The molecule has 1 unspecified atom stereocenters. The molecule has 0 aliphatic rings. The second-order valence-corrected chi connectivity index (χ2v) is 6.82. The molecule has 0 fully saturated rings. The van der Waals surface area contributed by atoms with Crippen molar-refractivity contribution < 1.29 is 4.74 Å². The smallest absolute Gasteiger partial charge is 0.119 e. The highest BCUT2D eigenvalue weighted by Gasteiger charge is 2.06. The van der Waals surface area contributed by atoms with Gasteiger partial charge in [-0.05, 0) is 69.0 Å². The van der Waals surface area contributed by atoms with Crippen LogP contribution >= 0.6 is 0 Å². The van der Waals surface area contributed by atoms with Crippen molar-refractivity contribution in [2.75, 3.05) is 0 Å². The lowest BCUT2D eigenvalue weighted by atomic mass is 10.1. The molecule has 0 radical (unpaired) electrons. The van der Waals surface area contributed by atoms with Gasteiger partial charge in [0.15, 0.2) is 0 Å². The number of rotatable bonds is 11. The Morgan fingerprint density at radius 1 is 0.840 bits per heavy atom. The maximum absolute atomic E-state index is 6.01. The van der Waals surface area contributed by atoms with Gasteiger partial charge < -0.3 is 4.74 Å². The van der Waals surface area contributed by atoms with Gasteiger partial charge in [0.2, 0.25) is 0 Å². The van der Waals surface area contributed by atoms with Crippen LogP contribution in [0.5, 0.6) is 5.75 Å². The summed E-state index contributed by atoms with van der Waals surface area (Å²) < 4.78 is 6.01. The molecule has 1 heterocycles. The lowest BCUT2D eigenvalue weighted by molar-refractivity contribution is 0.206. The number of aryl methyl sites for hydroxylation is 1. The van der Waals surface area contributed by atoms with Crippen LogP contribution in [0.15, 0.2) is 36.4 Å². The molecule has 0 spiro atoms. The first-order valence-corrected chi connectivity index (χ1v) is 9.82. The predicted octanol–water partition coefficient (Wildman–Crippen LogP) is 6.22. The molecule has 0 saturated carbocycles. The van der Waals surface area contributed by atoms with E-state index in [1.54, 1.807) is 0 Å². The van der Waals surface area contributed by atoms with E-state index >= 15 is 0 Å². The summed E-state index contributed by atoms with van der Waals surface area (Å²) in [7, 11) is 0. The molecule has 3 nitrogen and oxygen atoms in total. The van der Waals surface area contributed by atoms with Crippen molar-refractivity contribution in [2.24, 2.45) is 0 Å². The summed E-state index contributed by atoms with van der Waals surface area (Å²) in [4.78, 5) is 0. The summed E-state index contributed by atoms with van der Waals surface area (Å²) in [6.07, 6.45) is 9.88. The van der Waals surface area contributed by atoms with E-state index in [4.69, 9.17) is 4.74 Å². The van der Waals surface area contributed by atoms with Gasteiger partial charge in [-0.25, -0.2) is 0 Å². The first kappa shape index (κ1) is 19.4. The molecule has 0 N–H and O–H groups in total. The minimum atomic E-state index is 0.264. The van der Waals surface area contributed by atoms with Gasteiger partial charge in [0.05, 0.1) is 17.5 Å². The maximum Gasteiger partial charge on any atom is 0.119 e. The van der Waals surface area contributed by atoms with Crippen LogP contribution in [0, 0.1) is 0 Å². The molecule has 25 heavy (non-hydrogen) atoms. The number of hydrogen-bond donors (Lipinski definition) is 0. The molecule has 0 saturated heterocycles. The van der Waals surface area contributed by atoms with E-state index in [0.29, 0.717) is 0 Å². The standard InChI is InChI=1S/C22H32N2O/c1-4-6-8-9-10-18(3)25-21-15-12-19(13-16-21)22-17-14-20(23-24-22)11-7-5-2/h12-18H,4-11H2,1-3H3. The van der Waals surface area contributed by atoms with Gasteiger partial charge in [0.1, 0.15) is 5.75 Å². The van der Waals surface area contributed by atoms with Gasteiger partial charge in [-0.3, -0.25) is 0 Å². The molecular formula is C22H32N2O. The summed E-state index contributed by atoms with van der Waals surface area (Å²) in [6, 6.07) is 12.3. The highest BCUT2D eigenvalue weighted by molar-refractivity contribution is 5.59. The Kier molecular flexibility index (Phi) is 8.44. The predicted molar refractivity (Wildman–Crippen MR) is 105 cm³/mol. The van der Waals surface area contributed by atoms with Crippen LogP contribution < -0.4 is 4.74 Å². The second kappa shape index (κ2) is 10.9. The molecule has 1 aromatic heterocycles. The van der Waals surface area contributed by atoms with Crippen LogP contribution in [-0.4, -0.2) is 16.3 Å². The topological polar surface area (TPSA) is 35.0 Å². The van der Waals surface area contributed by atoms with E-state index in [2.05, 4.69) is 55.2 Å². The third-order valence-corrected chi connectivity index (χ3v) is 4.46. The van der Waals surface area contributed by atoms with Crippen LogP contribution in [0.2, 0.25) is 0 Å². The Morgan fingerprint density at radius 3 is 2.24 bits per heavy atom. The van der Waals surface area contributed by atoms with Crippen LogP contribution in [-0.2, 0) is 6.42 Å². The Hall–Kier alpha value is -1.90. The van der Waals surface area contributed by atoms with Crippen molar-refractivity contribution in [1.82, 2.24) is 10.2 Å². The minimum Gasteiger partial charge on any atom is -0.491 e. The quantitative estimate of drug-likeness (QED) is 0.455. The van der Waals surface area contributed by atoms with Gasteiger partial charge in [0.25, 0.3) is 0 Å². The zero-order valence-corrected chi connectivity index (χ0v) is 16.0. The van der Waals surface area contributed by atoms with Crippen molar-refractivity contribution in [1.29, 1.82) is 0 Å². The molecule has 0 aliphatic carbocycles. The number of ether oxygens (including phenoxy) is 1. The van der Waals surface area contributed by atoms with Crippen molar-refractivity contribution in [2.45, 2.75) is 78.2 Å². The largest absolute Gasteiger partial charge is 0.491 e. The van der Waals surface area contributed by atoms with E-state index < -0.39 is 0 Å². The van der Waals surface area contributed by atoms with Crippen LogP contribution in [0.4, 0.5) is 0 Å². The van der Waals surface area contributed by atoms with Crippen molar-refractivity contribution in [3.05, 3.63) is 42.1 Å². The van der Waals surface area contributed by atoms with E-state index in [1.165, 1.54) is 32.1 Å². The lowest BCUT2D eigenvalue weighted by Crippen LogP contribution is -2.11. The minimum absolute atomic E-state index is 0.264. The molecule has 136 valence electrons. The Bertz CT molecular complexity index is 592. The first-order chi connectivity index (χ1) is 12.2. The molecule has 2 aromatic rings. The number of aromatic nitrogens is 2. The summed E-state index contributed by atoms with van der Waals surface area (Å²) >= 11 is 0. The number of nitrogens with zero attached hydrogens (tertiary/aromatic N) is 2. The fourth-order valence-electron chi connectivity index (χ4n) is 2.86. The number of unbranched alkanes of at least 4 members (excludes halogenated alkanes) is 4. The van der Waals surface area contributed by atoms with Gasteiger partial charge in [-0.15, -0.1) is 0 Å². The average molecular weight is 341 g/mol. The van der Waals surface area contributed by atoms with Gasteiger partial charge in [-0.2, -0.15) is 10.2 Å². The van der Waals surface area contributed by atoms with Crippen LogP contribution in [0.3, 0.4) is 0 Å². The highest BCUT2D eigenvalue weighted by atomic mass is 16.5. The summed E-state index contributed by atoms with van der Waals surface area (Å²) in [5.41, 5.74) is 3.07. The monoisotopic (exact) mass is 340 g/mol. The Morgan fingerprint density at radius 2 is 1.60 bits per heavy atom. The average Bonchev–Trinajstić information content (AvgIpc) is 2.65. The molecule has 0 amide bonds. The van der Waals surface area contributed by atoms with E-state index in [9.17, 15) is 0 Å². The van der Waals surface area contributed by atoms with Gasteiger partial charge in [-0.1, -0.05) is 39.5 Å². The first-order valence-electron chi connectivity index (χ1n) is 9.82. The molecule has 0 aliphatic heterocycles. The number of hydrogen-bond acceptors (Lipinski definition) is 3. The Labute approximate surface area is 152 Å². The molecule has 1 atom stereocenters. The zero-order chi connectivity index (χ0) is 17.9. The molecule has 0 bridgehead atoms. The fourth-order valence-corrected chi connectivity index (χ4v) is 2.86. The lowest BCUT2D eigenvalue weighted by Gasteiger charge is -2.14. The van der Waals surface area contributed by atoms with Crippen LogP contribution in [0.1, 0.15) is 71.4 Å². The molecular weight excluding hydrogens is 308 g/mol. The highest BCUT2D eigenvalue weighted by Crippen LogP contribution is 2.22. The molecule has 1 aromatic carbocycles. The Balaban J connectivity index is 1.86. The summed E-state index contributed by atoms with van der Waals surface area (Å²) in [5, 5.41) is 8.69. The van der Waals surface area contributed by atoms with E-state index in [0.717, 1.165) is 42.0 Å².